The quantitative estimate of drug-likeness (QED) is 0.560. The standard InChI is InChI=1S/C21H16N4O/c26-19-14-8-7-11-17(19)15-22-21-20(16-9-3-1-4-10-16)23-24-25(21)18-12-5-2-6-13-18/h1-15,26H/b22-15+. The Morgan fingerprint density at radius 1 is 0.808 bits per heavy atom. The molecule has 0 unspecified atom stereocenters. The van der Waals surface area contributed by atoms with Gasteiger partial charge in [-0.05, 0) is 24.3 Å². The number of phenolic OH excluding ortho intramolecular Hbond substituents is 1. The maximum atomic E-state index is 9.98. The van der Waals surface area contributed by atoms with Crippen molar-refractivity contribution in [3.05, 3.63) is 90.5 Å². The molecule has 126 valence electrons. The van der Waals surface area contributed by atoms with Gasteiger partial charge in [-0.1, -0.05) is 65.9 Å². The summed E-state index contributed by atoms with van der Waals surface area (Å²) in [6.07, 6.45) is 1.62. The Morgan fingerprint density at radius 3 is 2.19 bits per heavy atom. The van der Waals surface area contributed by atoms with Crippen molar-refractivity contribution in [3.63, 3.8) is 0 Å². The van der Waals surface area contributed by atoms with Gasteiger partial charge in [0.05, 0.1) is 5.69 Å². The molecule has 0 aliphatic carbocycles. The van der Waals surface area contributed by atoms with E-state index in [-0.39, 0.29) is 5.75 Å². The highest BCUT2D eigenvalue weighted by molar-refractivity contribution is 5.86. The number of rotatable bonds is 4. The molecule has 0 bridgehead atoms. The van der Waals surface area contributed by atoms with Crippen LogP contribution >= 0.6 is 0 Å². The molecule has 0 saturated carbocycles. The maximum absolute atomic E-state index is 9.98. The van der Waals surface area contributed by atoms with E-state index in [1.165, 1.54) is 0 Å². The summed E-state index contributed by atoms with van der Waals surface area (Å²) in [4.78, 5) is 4.60. The summed E-state index contributed by atoms with van der Waals surface area (Å²) < 4.78 is 1.69. The third-order valence-corrected chi connectivity index (χ3v) is 3.96. The molecule has 4 rings (SSSR count). The normalized spacial score (nSPS) is 11.1. The zero-order valence-electron chi connectivity index (χ0n) is 13.9. The number of aromatic nitrogens is 3. The van der Waals surface area contributed by atoms with E-state index in [2.05, 4.69) is 15.3 Å². The molecule has 1 heterocycles. The molecule has 5 heteroatoms. The highest BCUT2D eigenvalue weighted by Gasteiger charge is 2.15. The van der Waals surface area contributed by atoms with Gasteiger partial charge >= 0.3 is 0 Å². The number of nitrogens with zero attached hydrogens (tertiary/aromatic N) is 4. The van der Waals surface area contributed by atoms with Gasteiger partial charge < -0.3 is 5.11 Å². The largest absolute Gasteiger partial charge is 0.507 e. The van der Waals surface area contributed by atoms with E-state index in [4.69, 9.17) is 0 Å². The van der Waals surface area contributed by atoms with Crippen LogP contribution in [0.4, 0.5) is 5.82 Å². The highest BCUT2D eigenvalue weighted by Crippen LogP contribution is 2.30. The number of hydrogen-bond acceptors (Lipinski definition) is 4. The molecule has 4 aromatic rings. The summed E-state index contributed by atoms with van der Waals surface area (Å²) >= 11 is 0. The zero-order chi connectivity index (χ0) is 17.8. The van der Waals surface area contributed by atoms with Crippen LogP contribution in [-0.4, -0.2) is 26.3 Å². The molecule has 0 aliphatic heterocycles. The van der Waals surface area contributed by atoms with E-state index >= 15 is 0 Å². The Bertz CT molecular complexity index is 983. The van der Waals surface area contributed by atoms with Gasteiger partial charge in [0.1, 0.15) is 11.4 Å². The van der Waals surface area contributed by atoms with Crippen LogP contribution in [0.2, 0.25) is 0 Å². The number of para-hydroxylation sites is 2. The third kappa shape index (κ3) is 3.10. The minimum Gasteiger partial charge on any atom is -0.507 e. The third-order valence-electron chi connectivity index (χ3n) is 3.96. The predicted molar refractivity (Wildman–Crippen MR) is 102 cm³/mol. The Labute approximate surface area is 150 Å². The van der Waals surface area contributed by atoms with Crippen LogP contribution in [0.5, 0.6) is 5.75 Å². The van der Waals surface area contributed by atoms with Crippen LogP contribution in [-0.2, 0) is 0 Å². The lowest BCUT2D eigenvalue weighted by Crippen LogP contribution is -1.96. The summed E-state index contributed by atoms with van der Waals surface area (Å²) in [6, 6.07) is 26.6. The second-order valence-corrected chi connectivity index (χ2v) is 5.69. The molecule has 0 aliphatic rings. The molecule has 0 radical (unpaired) electrons. The van der Waals surface area contributed by atoms with Gasteiger partial charge in [-0.25, -0.2) is 4.99 Å². The number of aliphatic imine (C=N–C) groups is 1. The van der Waals surface area contributed by atoms with Crippen molar-refractivity contribution < 1.29 is 5.11 Å². The zero-order valence-corrected chi connectivity index (χ0v) is 13.9. The molecular formula is C21H16N4O. The molecule has 1 aromatic heterocycles. The Balaban J connectivity index is 1.85. The molecule has 0 spiro atoms. The summed E-state index contributed by atoms with van der Waals surface area (Å²) in [7, 11) is 0. The van der Waals surface area contributed by atoms with E-state index < -0.39 is 0 Å². The summed E-state index contributed by atoms with van der Waals surface area (Å²) in [5.41, 5.74) is 3.11. The van der Waals surface area contributed by atoms with Gasteiger partial charge in [0, 0.05) is 17.3 Å². The Morgan fingerprint density at radius 2 is 1.46 bits per heavy atom. The van der Waals surface area contributed by atoms with Crippen molar-refractivity contribution in [3.8, 4) is 22.7 Å². The van der Waals surface area contributed by atoms with E-state index in [0.717, 1.165) is 11.3 Å². The SMILES string of the molecule is Oc1ccccc1/C=N/c1c(-c2ccccc2)nnn1-c1ccccc1. The van der Waals surface area contributed by atoms with Crippen LogP contribution in [0.25, 0.3) is 16.9 Å². The molecule has 1 N–H and O–H groups in total. The van der Waals surface area contributed by atoms with Crippen LogP contribution in [0.1, 0.15) is 5.56 Å². The average molecular weight is 340 g/mol. The average Bonchev–Trinajstić information content (AvgIpc) is 3.12. The van der Waals surface area contributed by atoms with Crippen molar-refractivity contribution in [1.29, 1.82) is 0 Å². The number of aromatic hydroxyl groups is 1. The van der Waals surface area contributed by atoms with Gasteiger partial charge in [-0.2, -0.15) is 4.68 Å². The summed E-state index contributed by atoms with van der Waals surface area (Å²) in [5, 5.41) is 18.6. The fraction of sp³-hybridized carbons (Fsp3) is 0. The second kappa shape index (κ2) is 7.03. The van der Waals surface area contributed by atoms with Crippen molar-refractivity contribution in [2.75, 3.05) is 0 Å². The second-order valence-electron chi connectivity index (χ2n) is 5.69. The molecule has 0 saturated heterocycles. The molecule has 0 amide bonds. The van der Waals surface area contributed by atoms with E-state index in [0.29, 0.717) is 17.1 Å². The molecule has 3 aromatic carbocycles. The molecule has 0 fully saturated rings. The molecule has 0 atom stereocenters. The fourth-order valence-corrected chi connectivity index (χ4v) is 2.65. The fourth-order valence-electron chi connectivity index (χ4n) is 2.65. The van der Waals surface area contributed by atoms with E-state index in [9.17, 15) is 5.11 Å². The van der Waals surface area contributed by atoms with Crippen molar-refractivity contribution >= 4 is 12.0 Å². The van der Waals surface area contributed by atoms with Crippen molar-refractivity contribution in [1.82, 2.24) is 15.0 Å². The predicted octanol–water partition coefficient (Wildman–Crippen LogP) is 4.39. The monoisotopic (exact) mass is 340 g/mol. The van der Waals surface area contributed by atoms with Crippen LogP contribution in [0.15, 0.2) is 89.9 Å². The lowest BCUT2D eigenvalue weighted by atomic mass is 10.1. The highest BCUT2D eigenvalue weighted by atomic mass is 16.3. The number of benzene rings is 3. The lowest BCUT2D eigenvalue weighted by molar-refractivity contribution is 0.474. The first-order chi connectivity index (χ1) is 12.8. The van der Waals surface area contributed by atoms with Gasteiger partial charge in [0.25, 0.3) is 0 Å². The first kappa shape index (κ1) is 15.8. The van der Waals surface area contributed by atoms with Crippen LogP contribution in [0.3, 0.4) is 0 Å². The van der Waals surface area contributed by atoms with Crippen molar-refractivity contribution in [2.45, 2.75) is 0 Å². The summed E-state index contributed by atoms with van der Waals surface area (Å²) in [6.45, 7) is 0. The molecule has 26 heavy (non-hydrogen) atoms. The first-order valence-corrected chi connectivity index (χ1v) is 8.21. The van der Waals surface area contributed by atoms with E-state index in [1.807, 2.05) is 66.7 Å². The van der Waals surface area contributed by atoms with E-state index in [1.54, 1.807) is 29.1 Å². The van der Waals surface area contributed by atoms with Crippen molar-refractivity contribution in [2.24, 2.45) is 4.99 Å². The van der Waals surface area contributed by atoms with Crippen LogP contribution < -0.4 is 0 Å². The minimum atomic E-state index is 0.177. The topological polar surface area (TPSA) is 63.3 Å². The van der Waals surface area contributed by atoms with Crippen LogP contribution in [0, 0.1) is 0 Å². The summed E-state index contributed by atoms with van der Waals surface area (Å²) in [5.74, 6) is 0.780. The first-order valence-electron chi connectivity index (χ1n) is 8.21. The smallest absolute Gasteiger partial charge is 0.184 e. The maximum Gasteiger partial charge on any atom is 0.184 e. The minimum absolute atomic E-state index is 0.177. The lowest BCUT2D eigenvalue weighted by Gasteiger charge is -2.04. The molecular weight excluding hydrogens is 324 g/mol. The Kier molecular flexibility index (Phi) is 4.26. The number of phenols is 1. The van der Waals surface area contributed by atoms with Gasteiger partial charge in [-0.3, -0.25) is 0 Å². The number of hydrogen-bond donors (Lipinski definition) is 1. The van der Waals surface area contributed by atoms with Gasteiger partial charge in [-0.15, -0.1) is 5.10 Å². The van der Waals surface area contributed by atoms with Gasteiger partial charge in [0.2, 0.25) is 0 Å². The Hall–Kier alpha value is -3.73. The molecule has 5 nitrogen and oxygen atoms in total. The van der Waals surface area contributed by atoms with Gasteiger partial charge in [0.15, 0.2) is 5.82 Å².